The fraction of sp³-hybridized carbons (Fsp3) is 0.100. The summed E-state index contributed by atoms with van der Waals surface area (Å²) in [5.74, 6) is 0.833. The molecule has 0 aromatic carbocycles. The first-order chi connectivity index (χ1) is 13.6. The highest BCUT2D eigenvalue weighted by molar-refractivity contribution is 5.99. The van der Waals surface area contributed by atoms with Gasteiger partial charge in [0.1, 0.15) is 11.5 Å². The van der Waals surface area contributed by atoms with Gasteiger partial charge in [0.25, 0.3) is 0 Å². The van der Waals surface area contributed by atoms with Crippen LogP contribution in [0.5, 0.6) is 5.88 Å². The smallest absolute Gasteiger partial charge is 0.248 e. The molecule has 0 aliphatic heterocycles. The van der Waals surface area contributed by atoms with Crippen molar-refractivity contribution in [1.29, 1.82) is 0 Å². The number of fused-ring (bicyclic) bond motifs is 1. The van der Waals surface area contributed by atoms with E-state index in [9.17, 15) is 4.79 Å². The van der Waals surface area contributed by atoms with Gasteiger partial charge in [-0.1, -0.05) is 6.58 Å². The Morgan fingerprint density at radius 3 is 2.93 bits per heavy atom. The maximum atomic E-state index is 11.6. The maximum absolute atomic E-state index is 11.6. The minimum Gasteiger partial charge on any atom is -0.481 e. The Labute approximate surface area is 160 Å². The Bertz CT molecular complexity index is 1190. The van der Waals surface area contributed by atoms with Crippen molar-refractivity contribution < 1.29 is 9.53 Å². The number of ether oxygens (including phenoxy) is 1. The minimum atomic E-state index is -0.289. The van der Waals surface area contributed by atoms with Crippen LogP contribution in [0.3, 0.4) is 0 Å². The van der Waals surface area contributed by atoms with Gasteiger partial charge in [0, 0.05) is 54.3 Å². The summed E-state index contributed by atoms with van der Waals surface area (Å²) >= 11 is 0. The average molecular weight is 374 g/mol. The standard InChI is InChI=1S/C20H18N6O2/c1-4-18(27)24-17-9-16(25-26(17)2)13-7-14-15(11-23-20(14)22-10-13)12-5-6-21-19(8-12)28-3/h4-11H,1H2,2-3H3,(H,22,23)(H,24,27). The van der Waals surface area contributed by atoms with Crippen molar-refractivity contribution in [3.8, 4) is 28.3 Å². The van der Waals surface area contributed by atoms with Crippen LogP contribution in [-0.2, 0) is 11.8 Å². The number of methoxy groups -OCH3 is 1. The predicted octanol–water partition coefficient (Wildman–Crippen LogP) is 3.16. The predicted molar refractivity (Wildman–Crippen MR) is 107 cm³/mol. The van der Waals surface area contributed by atoms with E-state index >= 15 is 0 Å². The molecule has 4 aromatic heterocycles. The number of hydrogen-bond acceptors (Lipinski definition) is 5. The van der Waals surface area contributed by atoms with E-state index in [0.717, 1.165) is 27.7 Å². The number of aromatic nitrogens is 5. The lowest BCUT2D eigenvalue weighted by molar-refractivity contribution is -0.111. The van der Waals surface area contributed by atoms with Gasteiger partial charge < -0.3 is 15.0 Å². The van der Waals surface area contributed by atoms with Crippen molar-refractivity contribution in [2.45, 2.75) is 0 Å². The van der Waals surface area contributed by atoms with Crippen LogP contribution in [0.25, 0.3) is 33.4 Å². The molecule has 0 radical (unpaired) electrons. The van der Waals surface area contributed by atoms with E-state index < -0.39 is 0 Å². The fourth-order valence-corrected chi connectivity index (χ4v) is 2.97. The van der Waals surface area contributed by atoms with Gasteiger partial charge in [-0.3, -0.25) is 9.48 Å². The number of anilines is 1. The molecule has 0 saturated heterocycles. The van der Waals surface area contributed by atoms with Crippen molar-refractivity contribution in [2.24, 2.45) is 7.05 Å². The van der Waals surface area contributed by atoms with Crippen LogP contribution >= 0.6 is 0 Å². The number of carbonyl (C=O) groups is 1. The number of aryl methyl sites for hydroxylation is 1. The first-order valence-electron chi connectivity index (χ1n) is 8.54. The molecule has 8 heteroatoms. The van der Waals surface area contributed by atoms with Crippen molar-refractivity contribution >= 4 is 22.8 Å². The number of pyridine rings is 2. The molecule has 2 N–H and O–H groups in total. The van der Waals surface area contributed by atoms with E-state index in [-0.39, 0.29) is 5.91 Å². The summed E-state index contributed by atoms with van der Waals surface area (Å²) in [6.07, 6.45) is 6.58. The van der Waals surface area contributed by atoms with Gasteiger partial charge >= 0.3 is 0 Å². The lowest BCUT2D eigenvalue weighted by Gasteiger charge is -2.03. The Morgan fingerprint density at radius 1 is 1.29 bits per heavy atom. The van der Waals surface area contributed by atoms with Gasteiger partial charge in [-0.25, -0.2) is 9.97 Å². The highest BCUT2D eigenvalue weighted by atomic mass is 16.5. The molecule has 4 aromatic rings. The van der Waals surface area contributed by atoms with Gasteiger partial charge in [0.05, 0.1) is 12.8 Å². The van der Waals surface area contributed by atoms with Crippen LogP contribution in [0.1, 0.15) is 0 Å². The molecule has 0 saturated carbocycles. The second-order valence-corrected chi connectivity index (χ2v) is 6.14. The van der Waals surface area contributed by atoms with Crippen molar-refractivity contribution in [3.63, 3.8) is 0 Å². The number of amides is 1. The Balaban J connectivity index is 1.77. The number of nitrogens with zero attached hydrogens (tertiary/aromatic N) is 4. The molecule has 0 unspecified atom stereocenters. The Hall–Kier alpha value is -3.94. The topological polar surface area (TPSA) is 97.7 Å². The zero-order chi connectivity index (χ0) is 19.7. The van der Waals surface area contributed by atoms with Gasteiger partial charge in [-0.05, 0) is 23.8 Å². The molecule has 0 aliphatic rings. The quantitative estimate of drug-likeness (QED) is 0.523. The monoisotopic (exact) mass is 374 g/mol. The van der Waals surface area contributed by atoms with Crippen LogP contribution in [-0.4, -0.2) is 37.7 Å². The van der Waals surface area contributed by atoms with Gasteiger partial charge in [-0.15, -0.1) is 0 Å². The van der Waals surface area contributed by atoms with Crippen LogP contribution in [0, 0.1) is 0 Å². The summed E-state index contributed by atoms with van der Waals surface area (Å²) < 4.78 is 6.83. The molecule has 0 spiro atoms. The minimum absolute atomic E-state index is 0.289. The van der Waals surface area contributed by atoms with Gasteiger partial charge in [-0.2, -0.15) is 5.10 Å². The largest absolute Gasteiger partial charge is 0.481 e. The number of nitrogens with one attached hydrogen (secondary N) is 2. The molecule has 0 bridgehead atoms. The second kappa shape index (κ2) is 6.99. The summed E-state index contributed by atoms with van der Waals surface area (Å²) in [5.41, 5.74) is 4.27. The van der Waals surface area contributed by atoms with E-state index in [4.69, 9.17) is 4.74 Å². The molecule has 4 heterocycles. The summed E-state index contributed by atoms with van der Waals surface area (Å²) in [4.78, 5) is 23.4. The molecule has 1 amide bonds. The maximum Gasteiger partial charge on any atom is 0.248 e. The van der Waals surface area contributed by atoms with Crippen molar-refractivity contribution in [3.05, 3.63) is 55.5 Å². The Morgan fingerprint density at radius 2 is 2.14 bits per heavy atom. The third-order valence-corrected chi connectivity index (χ3v) is 4.40. The third kappa shape index (κ3) is 3.11. The summed E-state index contributed by atoms with van der Waals surface area (Å²) in [7, 11) is 3.35. The number of H-pyrrole nitrogens is 1. The molecule has 0 atom stereocenters. The molecule has 4 rings (SSSR count). The first-order valence-corrected chi connectivity index (χ1v) is 8.54. The molecule has 28 heavy (non-hydrogen) atoms. The van der Waals surface area contributed by atoms with E-state index in [1.165, 1.54) is 6.08 Å². The van der Waals surface area contributed by atoms with Crippen LogP contribution < -0.4 is 10.1 Å². The molecular formula is C20H18N6O2. The Kier molecular flexibility index (Phi) is 4.36. The molecule has 140 valence electrons. The van der Waals surface area contributed by atoms with Crippen molar-refractivity contribution in [2.75, 3.05) is 12.4 Å². The highest BCUT2D eigenvalue weighted by Gasteiger charge is 2.13. The van der Waals surface area contributed by atoms with Crippen molar-refractivity contribution in [1.82, 2.24) is 24.7 Å². The van der Waals surface area contributed by atoms with Gasteiger partial charge in [0.2, 0.25) is 11.8 Å². The summed E-state index contributed by atoms with van der Waals surface area (Å²) in [5, 5.41) is 8.16. The zero-order valence-electron chi connectivity index (χ0n) is 15.4. The lowest BCUT2D eigenvalue weighted by Crippen LogP contribution is -2.10. The fourth-order valence-electron chi connectivity index (χ4n) is 2.97. The van der Waals surface area contributed by atoms with Crippen LogP contribution in [0.4, 0.5) is 5.82 Å². The number of carbonyl (C=O) groups excluding carboxylic acids is 1. The third-order valence-electron chi connectivity index (χ3n) is 4.40. The highest BCUT2D eigenvalue weighted by Crippen LogP contribution is 2.32. The summed E-state index contributed by atoms with van der Waals surface area (Å²) in [6, 6.07) is 7.61. The number of hydrogen-bond donors (Lipinski definition) is 2. The van der Waals surface area contributed by atoms with E-state index in [1.807, 2.05) is 24.4 Å². The normalized spacial score (nSPS) is 10.8. The zero-order valence-corrected chi connectivity index (χ0v) is 15.4. The van der Waals surface area contributed by atoms with Gasteiger partial charge in [0.15, 0.2) is 0 Å². The van der Waals surface area contributed by atoms with Crippen LogP contribution in [0.2, 0.25) is 0 Å². The number of aromatic amines is 1. The molecule has 0 fully saturated rings. The SMILES string of the molecule is C=CC(=O)Nc1cc(-c2cnc3[nH]cc(-c4ccnc(OC)c4)c3c2)nn1C. The summed E-state index contributed by atoms with van der Waals surface area (Å²) in [6.45, 7) is 3.46. The van der Waals surface area contributed by atoms with E-state index in [2.05, 4.69) is 31.9 Å². The lowest BCUT2D eigenvalue weighted by atomic mass is 10.1. The van der Waals surface area contributed by atoms with Crippen LogP contribution in [0.15, 0.2) is 55.5 Å². The van der Waals surface area contributed by atoms with E-state index in [0.29, 0.717) is 17.4 Å². The molecular weight excluding hydrogens is 356 g/mol. The first kappa shape index (κ1) is 17.5. The molecule has 0 aliphatic carbocycles. The average Bonchev–Trinajstić information content (AvgIpc) is 3.31. The molecule has 8 nitrogen and oxygen atoms in total. The van der Waals surface area contributed by atoms with E-state index in [1.54, 1.807) is 37.3 Å². The second-order valence-electron chi connectivity index (χ2n) is 6.14. The number of rotatable bonds is 5.